The second-order valence-electron chi connectivity index (χ2n) is 9.86. The highest BCUT2D eigenvalue weighted by molar-refractivity contribution is 5.74. The second-order valence-corrected chi connectivity index (χ2v) is 9.86. The number of esters is 1. The van der Waals surface area contributed by atoms with E-state index in [9.17, 15) is 15.0 Å². The van der Waals surface area contributed by atoms with Crippen molar-refractivity contribution < 1.29 is 19.7 Å². The first-order chi connectivity index (χ1) is 17.6. The van der Waals surface area contributed by atoms with Crippen molar-refractivity contribution in [2.24, 2.45) is 0 Å². The molecule has 0 atom stereocenters. The Bertz CT molecular complexity index is 886. The molecule has 0 aliphatic heterocycles. The molecule has 0 fully saturated rings. The first-order valence-corrected chi connectivity index (χ1v) is 14.1. The molecule has 0 aliphatic carbocycles. The maximum atomic E-state index is 12.2. The molecule has 0 aromatic heterocycles. The third-order valence-corrected chi connectivity index (χ3v) is 6.49. The molecule has 0 saturated heterocycles. The number of unbranched alkanes of at least 4 members (excludes halogenated alkanes) is 14. The molecule has 2 N–H and O–H groups in total. The monoisotopic (exact) mass is 494 g/mol. The predicted octanol–water partition coefficient (Wildman–Crippen LogP) is 9.44. The molecule has 2 aromatic carbocycles. The predicted molar refractivity (Wildman–Crippen MR) is 150 cm³/mol. The molecule has 0 spiro atoms. The number of hydrogen-bond donors (Lipinski definition) is 2. The van der Waals surface area contributed by atoms with E-state index in [1.807, 2.05) is 12.2 Å². The van der Waals surface area contributed by atoms with E-state index < -0.39 is 0 Å². The molecular formula is C32H46O4. The summed E-state index contributed by atoms with van der Waals surface area (Å²) in [5.74, 6) is 0.362. The minimum Gasteiger partial charge on any atom is -0.508 e. The Kier molecular flexibility index (Phi) is 15.2. The molecule has 198 valence electrons. The van der Waals surface area contributed by atoms with E-state index in [2.05, 4.69) is 6.92 Å². The van der Waals surface area contributed by atoms with Gasteiger partial charge in [0.2, 0.25) is 0 Å². The van der Waals surface area contributed by atoms with Crippen molar-refractivity contribution in [3.63, 3.8) is 0 Å². The number of ether oxygens (including phenoxy) is 1. The second kappa shape index (κ2) is 18.5. The Labute approximate surface area is 218 Å². The maximum Gasteiger partial charge on any atom is 0.311 e. The highest BCUT2D eigenvalue weighted by atomic mass is 16.5. The smallest absolute Gasteiger partial charge is 0.311 e. The topological polar surface area (TPSA) is 66.8 Å². The average molecular weight is 495 g/mol. The van der Waals surface area contributed by atoms with Crippen LogP contribution in [0.4, 0.5) is 0 Å². The molecule has 4 nitrogen and oxygen atoms in total. The molecule has 0 aliphatic rings. The van der Waals surface area contributed by atoms with Gasteiger partial charge in [-0.2, -0.15) is 0 Å². The molecule has 0 bridgehead atoms. The van der Waals surface area contributed by atoms with E-state index in [-0.39, 0.29) is 17.5 Å². The van der Waals surface area contributed by atoms with Crippen molar-refractivity contribution in [1.82, 2.24) is 0 Å². The van der Waals surface area contributed by atoms with Crippen LogP contribution in [-0.4, -0.2) is 16.2 Å². The number of aromatic hydroxyl groups is 2. The summed E-state index contributed by atoms with van der Waals surface area (Å²) in [4.78, 5) is 12.2. The molecule has 0 radical (unpaired) electrons. The first kappa shape index (κ1) is 29.5. The summed E-state index contributed by atoms with van der Waals surface area (Å²) in [5, 5.41) is 19.4. The number of rotatable bonds is 19. The van der Waals surface area contributed by atoms with Gasteiger partial charge in [0.15, 0.2) is 0 Å². The van der Waals surface area contributed by atoms with E-state index in [0.29, 0.717) is 12.2 Å². The maximum absolute atomic E-state index is 12.2. The Balaban J connectivity index is 1.53. The molecule has 36 heavy (non-hydrogen) atoms. The van der Waals surface area contributed by atoms with Crippen LogP contribution in [0.3, 0.4) is 0 Å². The zero-order chi connectivity index (χ0) is 25.8. The van der Waals surface area contributed by atoms with Crippen LogP contribution in [0.2, 0.25) is 0 Å². The van der Waals surface area contributed by atoms with Gasteiger partial charge in [0.1, 0.15) is 17.2 Å². The Morgan fingerprint density at radius 1 is 0.639 bits per heavy atom. The van der Waals surface area contributed by atoms with Crippen LogP contribution in [0.25, 0.3) is 12.2 Å². The van der Waals surface area contributed by atoms with Crippen molar-refractivity contribution in [3.8, 4) is 17.2 Å². The van der Waals surface area contributed by atoms with Crippen LogP contribution in [0.15, 0.2) is 42.5 Å². The van der Waals surface area contributed by atoms with E-state index >= 15 is 0 Å². The zero-order valence-electron chi connectivity index (χ0n) is 22.2. The average Bonchev–Trinajstić information content (AvgIpc) is 2.85. The standard InChI is InChI=1S/C32H46O4/c1-2-3-4-5-6-7-8-9-10-11-12-13-14-15-16-17-32(35)36-31-25-28(24-30(34)26-31)19-18-27-20-22-29(33)23-21-27/h18-26,33-34H,2-17H2,1H3/b19-18+. The SMILES string of the molecule is CCCCCCCCCCCCCCCCCC(=O)Oc1cc(O)cc(/C=C/c2ccc(O)cc2)c1. The van der Waals surface area contributed by atoms with Gasteiger partial charge in [0.25, 0.3) is 0 Å². The van der Waals surface area contributed by atoms with Gasteiger partial charge in [-0.1, -0.05) is 121 Å². The number of hydrogen-bond acceptors (Lipinski definition) is 4. The summed E-state index contributed by atoms with van der Waals surface area (Å²) in [6.07, 6.45) is 23.5. The van der Waals surface area contributed by atoms with Gasteiger partial charge in [-0.3, -0.25) is 4.79 Å². The van der Waals surface area contributed by atoms with Crippen LogP contribution >= 0.6 is 0 Å². The van der Waals surface area contributed by atoms with Crippen molar-refractivity contribution in [2.75, 3.05) is 0 Å². The zero-order valence-corrected chi connectivity index (χ0v) is 22.2. The van der Waals surface area contributed by atoms with Crippen LogP contribution in [-0.2, 0) is 4.79 Å². The number of carbonyl (C=O) groups excluding carboxylic acids is 1. The summed E-state index contributed by atoms with van der Waals surface area (Å²) >= 11 is 0. The van der Waals surface area contributed by atoms with Gasteiger partial charge < -0.3 is 14.9 Å². The van der Waals surface area contributed by atoms with Gasteiger partial charge in [-0.25, -0.2) is 0 Å². The lowest BCUT2D eigenvalue weighted by Crippen LogP contribution is -2.07. The molecule has 0 saturated carbocycles. The van der Waals surface area contributed by atoms with Gasteiger partial charge in [-0.05, 0) is 41.8 Å². The molecule has 4 heteroatoms. The third-order valence-electron chi connectivity index (χ3n) is 6.49. The van der Waals surface area contributed by atoms with E-state index in [0.717, 1.165) is 24.0 Å². The van der Waals surface area contributed by atoms with Crippen molar-refractivity contribution >= 4 is 18.1 Å². The third kappa shape index (κ3) is 14.0. The van der Waals surface area contributed by atoms with Crippen molar-refractivity contribution in [3.05, 3.63) is 53.6 Å². The summed E-state index contributed by atoms with van der Waals surface area (Å²) in [6, 6.07) is 11.6. The van der Waals surface area contributed by atoms with Crippen LogP contribution in [0, 0.1) is 0 Å². The number of phenolic OH excluding ortho intramolecular Hbond substituents is 2. The van der Waals surface area contributed by atoms with Gasteiger partial charge in [0.05, 0.1) is 0 Å². The first-order valence-electron chi connectivity index (χ1n) is 14.1. The van der Waals surface area contributed by atoms with Gasteiger partial charge in [0, 0.05) is 12.5 Å². The molecule has 0 heterocycles. The molecule has 0 amide bonds. The van der Waals surface area contributed by atoms with E-state index in [1.54, 1.807) is 36.4 Å². The quantitative estimate of drug-likeness (QED) is 0.0883. The molecule has 0 unspecified atom stereocenters. The van der Waals surface area contributed by atoms with Gasteiger partial charge >= 0.3 is 5.97 Å². The van der Waals surface area contributed by atoms with Crippen molar-refractivity contribution in [2.45, 2.75) is 110 Å². The Morgan fingerprint density at radius 2 is 1.14 bits per heavy atom. The number of carbonyl (C=O) groups is 1. The summed E-state index contributed by atoms with van der Waals surface area (Å²) in [5.41, 5.74) is 1.65. The molecule has 2 aromatic rings. The Hall–Kier alpha value is -2.75. The molecular weight excluding hydrogens is 448 g/mol. The fraction of sp³-hybridized carbons (Fsp3) is 0.531. The lowest BCUT2D eigenvalue weighted by atomic mass is 10.0. The number of benzene rings is 2. The van der Waals surface area contributed by atoms with Gasteiger partial charge in [-0.15, -0.1) is 0 Å². The normalized spacial score (nSPS) is 11.2. The van der Waals surface area contributed by atoms with E-state index in [1.165, 1.54) is 89.5 Å². The lowest BCUT2D eigenvalue weighted by molar-refractivity contribution is -0.134. The fourth-order valence-corrected chi connectivity index (χ4v) is 4.36. The van der Waals surface area contributed by atoms with Crippen molar-refractivity contribution in [1.29, 1.82) is 0 Å². The van der Waals surface area contributed by atoms with Crippen LogP contribution < -0.4 is 4.74 Å². The fourth-order valence-electron chi connectivity index (χ4n) is 4.36. The number of phenols is 2. The summed E-state index contributed by atoms with van der Waals surface area (Å²) < 4.78 is 5.46. The largest absolute Gasteiger partial charge is 0.508 e. The minimum absolute atomic E-state index is 0.0534. The Morgan fingerprint density at radius 3 is 1.69 bits per heavy atom. The van der Waals surface area contributed by atoms with E-state index in [4.69, 9.17) is 4.74 Å². The molecule has 2 rings (SSSR count). The summed E-state index contributed by atoms with van der Waals surface area (Å²) in [7, 11) is 0. The lowest BCUT2D eigenvalue weighted by Gasteiger charge is -2.07. The van der Waals surface area contributed by atoms with Crippen LogP contribution in [0.1, 0.15) is 121 Å². The highest BCUT2D eigenvalue weighted by Crippen LogP contribution is 2.24. The minimum atomic E-state index is -0.260. The summed E-state index contributed by atoms with van der Waals surface area (Å²) in [6.45, 7) is 2.27. The highest BCUT2D eigenvalue weighted by Gasteiger charge is 2.07. The van der Waals surface area contributed by atoms with Crippen LogP contribution in [0.5, 0.6) is 17.2 Å².